The maximum atomic E-state index is 14.1. The number of imidazole rings is 1. The van der Waals surface area contributed by atoms with Gasteiger partial charge in [0.05, 0.1) is 12.9 Å². The van der Waals surface area contributed by atoms with Gasteiger partial charge in [0.2, 0.25) is 0 Å². The lowest BCUT2D eigenvalue weighted by molar-refractivity contribution is 0.627. The fraction of sp³-hybridized carbons (Fsp3) is 0.304. The van der Waals surface area contributed by atoms with Crippen LogP contribution in [0.4, 0.5) is 14.0 Å². The van der Waals surface area contributed by atoms with Crippen LogP contribution in [-0.2, 0) is 6.54 Å². The minimum Gasteiger partial charge on any atom is -0.340 e. The summed E-state index contributed by atoms with van der Waals surface area (Å²) in [6.45, 7) is 7.15. The van der Waals surface area contributed by atoms with Gasteiger partial charge in [-0.15, -0.1) is 0 Å². The molecule has 0 aliphatic rings. The molecule has 0 bridgehead atoms. The average Bonchev–Trinajstić information content (AvgIpc) is 3.25. The second kappa shape index (κ2) is 10.4. The second-order valence-corrected chi connectivity index (χ2v) is 7.82. The first-order valence-corrected chi connectivity index (χ1v) is 10.8. The van der Waals surface area contributed by atoms with E-state index in [-0.39, 0.29) is 23.7 Å². The van der Waals surface area contributed by atoms with E-state index in [1.54, 1.807) is 18.6 Å². The van der Waals surface area contributed by atoms with Crippen molar-refractivity contribution in [1.29, 1.82) is 0 Å². The van der Waals surface area contributed by atoms with E-state index in [9.17, 15) is 8.28 Å². The van der Waals surface area contributed by atoms with Gasteiger partial charge in [-0.2, -0.15) is 3.89 Å². The Hall–Kier alpha value is -2.67. The van der Waals surface area contributed by atoms with Crippen LogP contribution < -0.4 is 4.90 Å². The molecule has 3 rings (SSSR count). The molecule has 0 atom stereocenters. The predicted octanol–water partition coefficient (Wildman–Crippen LogP) is 6.04. The number of anilines is 1. The van der Waals surface area contributed by atoms with Gasteiger partial charge in [0, 0.05) is 66.2 Å². The number of rotatable bonds is 9. The van der Waals surface area contributed by atoms with E-state index in [1.165, 1.54) is 12.1 Å². The van der Waals surface area contributed by atoms with Crippen molar-refractivity contribution in [2.75, 3.05) is 17.2 Å². The van der Waals surface area contributed by atoms with E-state index in [0.717, 1.165) is 40.1 Å². The van der Waals surface area contributed by atoms with Crippen molar-refractivity contribution >= 4 is 23.5 Å². The summed E-state index contributed by atoms with van der Waals surface area (Å²) in [5.74, 6) is -0.0347. The molecule has 7 heteroatoms. The Labute approximate surface area is 181 Å². The van der Waals surface area contributed by atoms with Crippen LogP contribution in [0.2, 0.25) is 0 Å². The predicted molar refractivity (Wildman–Crippen MR) is 121 cm³/mol. The molecule has 4 nitrogen and oxygen atoms in total. The van der Waals surface area contributed by atoms with Crippen molar-refractivity contribution < 1.29 is 8.28 Å². The van der Waals surface area contributed by atoms with Crippen LogP contribution in [0.5, 0.6) is 0 Å². The molecular weight excluding hydrogens is 402 g/mol. The Morgan fingerprint density at radius 2 is 2.03 bits per heavy atom. The van der Waals surface area contributed by atoms with Gasteiger partial charge in [-0.1, -0.05) is 13.0 Å². The normalized spacial score (nSPS) is 12.0. The van der Waals surface area contributed by atoms with Gasteiger partial charge in [-0.3, -0.25) is 4.98 Å². The zero-order chi connectivity index (χ0) is 21.5. The number of hydrogen-bond acceptors (Lipinski definition) is 4. The van der Waals surface area contributed by atoms with Crippen molar-refractivity contribution in [3.8, 4) is 0 Å². The van der Waals surface area contributed by atoms with Gasteiger partial charge >= 0.3 is 0 Å². The molecule has 0 saturated heterocycles. The molecule has 30 heavy (non-hydrogen) atoms. The molecule has 3 aromatic rings. The fourth-order valence-corrected chi connectivity index (χ4v) is 3.70. The number of halogens is 2. The first kappa shape index (κ1) is 22.0. The van der Waals surface area contributed by atoms with Crippen molar-refractivity contribution in [3.63, 3.8) is 0 Å². The van der Waals surface area contributed by atoms with Crippen molar-refractivity contribution in [2.24, 2.45) is 0 Å². The third-order valence-electron chi connectivity index (χ3n) is 5.05. The average molecular weight is 429 g/mol. The smallest absolute Gasteiger partial charge is 0.125 e. The molecule has 0 saturated carbocycles. The van der Waals surface area contributed by atoms with Gasteiger partial charge in [0.25, 0.3) is 0 Å². The summed E-state index contributed by atoms with van der Waals surface area (Å²) in [4.78, 5) is 10.6. The molecule has 2 heterocycles. The minimum absolute atomic E-state index is 0.276. The first-order chi connectivity index (χ1) is 14.5. The third kappa shape index (κ3) is 5.27. The molecule has 0 radical (unpaired) electrons. The molecule has 158 valence electrons. The Bertz CT molecular complexity index is 1000. The van der Waals surface area contributed by atoms with Gasteiger partial charge in [0.15, 0.2) is 0 Å². The minimum atomic E-state index is -0.311. The lowest BCUT2D eigenvalue weighted by Gasteiger charge is -2.31. The summed E-state index contributed by atoms with van der Waals surface area (Å²) in [6, 6.07) is 6.81. The highest BCUT2D eigenvalue weighted by Crippen LogP contribution is 2.33. The van der Waals surface area contributed by atoms with Gasteiger partial charge in [-0.05, 0) is 55.2 Å². The van der Waals surface area contributed by atoms with Crippen LogP contribution in [0, 0.1) is 12.7 Å². The number of nitrogens with zero attached hydrogens (tertiary/aromatic N) is 4. The summed E-state index contributed by atoms with van der Waals surface area (Å²) < 4.78 is 29.1. The van der Waals surface area contributed by atoms with Crippen LogP contribution in [0.1, 0.15) is 37.0 Å². The standard InChI is InChI=1S/C23H26F2N4S/c1-4-17(2)23(20-11-19(13-27-14-20)15-28-8-7-26-16-28)29(9-10-30-25)22-12-21(24)6-5-18(22)3/h5-8,11-14,16H,4,9-10,15H2,1-3H3/b23-17+. The highest BCUT2D eigenvalue weighted by Gasteiger charge is 2.19. The SMILES string of the molecule is CC/C(C)=C(\c1cncc(Cn2ccnc2)c1)N(CCSF)c1cc(F)ccc1C. The molecule has 0 aliphatic heterocycles. The van der Waals surface area contributed by atoms with E-state index in [2.05, 4.69) is 29.9 Å². The number of aryl methyl sites for hydroxylation is 1. The van der Waals surface area contributed by atoms with Crippen LogP contribution in [0.15, 0.2) is 61.0 Å². The van der Waals surface area contributed by atoms with Crippen LogP contribution >= 0.6 is 12.1 Å². The summed E-state index contributed by atoms with van der Waals surface area (Å²) >= 11 is 0.289. The van der Waals surface area contributed by atoms with Crippen LogP contribution in [-0.4, -0.2) is 26.8 Å². The number of pyridine rings is 1. The molecule has 1 aromatic carbocycles. The first-order valence-electron chi connectivity index (χ1n) is 9.90. The quantitative estimate of drug-likeness (QED) is 0.416. The summed E-state index contributed by atoms with van der Waals surface area (Å²) in [5, 5.41) is 0. The molecule has 0 fully saturated rings. The zero-order valence-corrected chi connectivity index (χ0v) is 18.3. The lowest BCUT2D eigenvalue weighted by atomic mass is 10.0. The van der Waals surface area contributed by atoms with Gasteiger partial charge in [0.1, 0.15) is 5.82 Å². The third-order valence-corrected chi connectivity index (χ3v) is 5.39. The number of hydrogen-bond donors (Lipinski definition) is 0. The second-order valence-electron chi connectivity index (χ2n) is 7.20. The van der Waals surface area contributed by atoms with E-state index in [1.807, 2.05) is 35.0 Å². The van der Waals surface area contributed by atoms with Crippen LogP contribution in [0.25, 0.3) is 5.70 Å². The van der Waals surface area contributed by atoms with Crippen LogP contribution in [0.3, 0.4) is 0 Å². The van der Waals surface area contributed by atoms with Crippen molar-refractivity contribution in [2.45, 2.75) is 33.7 Å². The van der Waals surface area contributed by atoms with E-state index in [4.69, 9.17) is 0 Å². The number of benzene rings is 1. The van der Waals surface area contributed by atoms with Gasteiger partial charge in [-0.25, -0.2) is 9.37 Å². The summed E-state index contributed by atoms with van der Waals surface area (Å²) in [6.07, 6.45) is 9.87. The van der Waals surface area contributed by atoms with E-state index >= 15 is 0 Å². The van der Waals surface area contributed by atoms with Crippen molar-refractivity contribution in [1.82, 2.24) is 14.5 Å². The largest absolute Gasteiger partial charge is 0.340 e. The molecule has 0 N–H and O–H groups in total. The van der Waals surface area contributed by atoms with E-state index in [0.29, 0.717) is 13.1 Å². The molecular formula is C23H26F2N4S. The molecule has 0 unspecified atom stereocenters. The number of allylic oxidation sites excluding steroid dienone is 1. The number of aromatic nitrogens is 3. The zero-order valence-electron chi connectivity index (χ0n) is 17.5. The van der Waals surface area contributed by atoms with Gasteiger partial charge < -0.3 is 9.47 Å². The monoisotopic (exact) mass is 428 g/mol. The Balaban J connectivity index is 2.08. The Morgan fingerprint density at radius 1 is 1.20 bits per heavy atom. The highest BCUT2D eigenvalue weighted by atomic mass is 32.2. The molecule has 0 amide bonds. The fourth-order valence-electron chi connectivity index (χ4n) is 3.45. The Kier molecular flexibility index (Phi) is 7.63. The molecule has 2 aromatic heterocycles. The topological polar surface area (TPSA) is 34.0 Å². The maximum absolute atomic E-state index is 14.1. The lowest BCUT2D eigenvalue weighted by Crippen LogP contribution is -2.26. The van der Waals surface area contributed by atoms with Crippen molar-refractivity contribution in [3.05, 3.63) is 83.5 Å². The summed E-state index contributed by atoms with van der Waals surface area (Å²) in [5.41, 5.74) is 5.71. The highest BCUT2D eigenvalue weighted by molar-refractivity contribution is 7.94. The maximum Gasteiger partial charge on any atom is 0.125 e. The molecule has 0 aliphatic carbocycles. The summed E-state index contributed by atoms with van der Waals surface area (Å²) in [7, 11) is 0. The molecule has 0 spiro atoms. The Morgan fingerprint density at radius 3 is 2.73 bits per heavy atom. The van der Waals surface area contributed by atoms with E-state index < -0.39 is 0 Å².